The summed E-state index contributed by atoms with van der Waals surface area (Å²) < 4.78 is 6.08. The number of hydrogen-bond acceptors (Lipinski definition) is 2. The van der Waals surface area contributed by atoms with Crippen molar-refractivity contribution in [1.82, 2.24) is 14.1 Å². The van der Waals surface area contributed by atoms with Gasteiger partial charge in [0.05, 0.1) is 32.3 Å². The molecule has 0 bridgehead atoms. The van der Waals surface area contributed by atoms with Crippen molar-refractivity contribution in [2.75, 3.05) is 0 Å². The van der Waals surface area contributed by atoms with Crippen LogP contribution in [0.25, 0.3) is 174 Å². The van der Waals surface area contributed by atoms with Gasteiger partial charge in [-0.25, -0.2) is 4.98 Å². The number of benzene rings is 15. The highest BCUT2D eigenvalue weighted by Crippen LogP contribution is 2.45. The maximum atomic E-state index is 5.25. The van der Waals surface area contributed by atoms with E-state index in [0.717, 1.165) is 33.0 Å². The summed E-state index contributed by atoms with van der Waals surface area (Å²) in [5.41, 5.74) is 16.2. The number of para-hydroxylation sites is 1. The first-order valence-electron chi connectivity index (χ1n) is 28.5. The normalized spacial score (nSPS) is 12.1. The van der Waals surface area contributed by atoms with E-state index in [9.17, 15) is 0 Å². The molecule has 15 aromatic carbocycles. The molecule has 0 saturated carbocycles. The summed E-state index contributed by atoms with van der Waals surface area (Å²) in [4.78, 5) is 5.25. The van der Waals surface area contributed by atoms with Gasteiger partial charge in [0.25, 0.3) is 0 Å². The standard InChI is InChI=1S/C79H47N3S/c1-2-14-50(15-3-1)79-80-73-41-40-68-72-47-54(33-43-76(72)82(77(68)78(73)83-79)56-36-28-49(29-37-56)52-31-39-66-62-21-7-5-17-58(62)60-19-9-11-23-64(60)70(66)45-52)53-32-42-75-71(46-53)67-24-12-13-25-74(67)81(75)55-34-26-48(27-35-55)51-30-38-65-61-20-6-4-16-57(61)59-18-8-10-22-63(59)69(65)44-51/h1-47H. The first-order valence-corrected chi connectivity index (χ1v) is 29.3. The quantitative estimate of drug-likeness (QED) is 0.152. The molecule has 0 unspecified atom stereocenters. The molecule has 0 aliphatic rings. The van der Waals surface area contributed by atoms with E-state index in [0.29, 0.717) is 0 Å². The summed E-state index contributed by atoms with van der Waals surface area (Å²) in [6.45, 7) is 0. The molecule has 83 heavy (non-hydrogen) atoms. The minimum atomic E-state index is 1.01. The highest BCUT2D eigenvalue weighted by molar-refractivity contribution is 7.22. The molecule has 18 rings (SSSR count). The van der Waals surface area contributed by atoms with Crippen molar-refractivity contribution in [3.8, 4) is 55.3 Å². The van der Waals surface area contributed by atoms with E-state index in [4.69, 9.17) is 4.98 Å². The fourth-order valence-corrected chi connectivity index (χ4v) is 15.0. The van der Waals surface area contributed by atoms with Gasteiger partial charge in [-0.15, -0.1) is 11.3 Å². The molecule has 0 saturated heterocycles. The smallest absolute Gasteiger partial charge is 0.124 e. The summed E-state index contributed by atoms with van der Waals surface area (Å²) in [5, 5.41) is 21.3. The molecule has 0 fully saturated rings. The second kappa shape index (κ2) is 17.9. The van der Waals surface area contributed by atoms with Gasteiger partial charge >= 0.3 is 0 Å². The van der Waals surface area contributed by atoms with E-state index in [-0.39, 0.29) is 0 Å². The zero-order valence-corrected chi connectivity index (χ0v) is 45.7. The molecule has 384 valence electrons. The molecular formula is C79H47N3S. The molecule has 3 nitrogen and oxygen atoms in total. The molecule has 0 amide bonds. The second-order valence-corrected chi connectivity index (χ2v) is 23.1. The van der Waals surface area contributed by atoms with Crippen molar-refractivity contribution in [3.63, 3.8) is 0 Å². The lowest BCUT2D eigenvalue weighted by Gasteiger charge is -2.13. The molecule has 18 aromatic rings. The van der Waals surface area contributed by atoms with Gasteiger partial charge in [-0.3, -0.25) is 0 Å². The Morgan fingerprint density at radius 1 is 0.229 bits per heavy atom. The van der Waals surface area contributed by atoms with Gasteiger partial charge in [-0.2, -0.15) is 0 Å². The number of thiazole rings is 1. The van der Waals surface area contributed by atoms with Gasteiger partial charge in [0.15, 0.2) is 0 Å². The van der Waals surface area contributed by atoms with E-state index < -0.39 is 0 Å². The maximum absolute atomic E-state index is 5.25. The summed E-state index contributed by atoms with van der Waals surface area (Å²) in [7, 11) is 0. The molecule has 0 radical (unpaired) electrons. The Labute approximate surface area is 481 Å². The fourth-order valence-electron chi connectivity index (χ4n) is 13.8. The second-order valence-electron chi connectivity index (χ2n) is 22.1. The van der Waals surface area contributed by atoms with Crippen molar-refractivity contribution < 1.29 is 0 Å². The summed E-state index contributed by atoms with van der Waals surface area (Å²) in [5.74, 6) is 0. The van der Waals surface area contributed by atoms with Crippen LogP contribution in [0.3, 0.4) is 0 Å². The van der Waals surface area contributed by atoms with Crippen LogP contribution in [0.5, 0.6) is 0 Å². The topological polar surface area (TPSA) is 22.8 Å². The number of nitrogens with zero attached hydrogens (tertiary/aromatic N) is 3. The van der Waals surface area contributed by atoms with Gasteiger partial charge in [0, 0.05) is 38.5 Å². The average molecular weight is 1070 g/mol. The summed E-state index contributed by atoms with van der Waals surface area (Å²) in [6.07, 6.45) is 0. The van der Waals surface area contributed by atoms with Gasteiger partial charge in [0.2, 0.25) is 0 Å². The van der Waals surface area contributed by atoms with Crippen molar-refractivity contribution >= 4 is 130 Å². The van der Waals surface area contributed by atoms with Gasteiger partial charge in [-0.05, 0) is 177 Å². The van der Waals surface area contributed by atoms with Crippen LogP contribution in [0, 0.1) is 0 Å². The van der Waals surface area contributed by atoms with Crippen molar-refractivity contribution in [2.45, 2.75) is 0 Å². The summed E-state index contributed by atoms with van der Waals surface area (Å²) >= 11 is 1.78. The maximum Gasteiger partial charge on any atom is 0.124 e. The number of rotatable bonds is 6. The van der Waals surface area contributed by atoms with Crippen LogP contribution in [0.4, 0.5) is 0 Å². The number of fused-ring (bicyclic) bond motifs is 20. The van der Waals surface area contributed by atoms with Crippen LogP contribution in [0.2, 0.25) is 0 Å². The Bertz CT molecular complexity index is 5660. The Morgan fingerprint density at radius 3 is 1.10 bits per heavy atom. The number of aromatic nitrogens is 3. The summed E-state index contributed by atoms with van der Waals surface area (Å²) in [6, 6.07) is 105. The van der Waals surface area contributed by atoms with Crippen molar-refractivity contribution in [2.24, 2.45) is 0 Å². The van der Waals surface area contributed by atoms with Crippen molar-refractivity contribution in [1.29, 1.82) is 0 Å². The zero-order valence-electron chi connectivity index (χ0n) is 44.9. The van der Waals surface area contributed by atoms with E-state index in [1.807, 2.05) is 0 Å². The van der Waals surface area contributed by atoms with Crippen LogP contribution in [-0.2, 0) is 0 Å². The SMILES string of the molecule is c1ccc(-c2nc3ccc4c5cc(-c6ccc7c(c6)c6ccccc6n7-c6ccc(-c7ccc8c9ccccc9c9ccccc9c8c7)cc6)ccc5n(-c5ccc(-c6ccc7c8ccccc8c8ccccc8c7c6)cc5)c4c3s2)cc1. The van der Waals surface area contributed by atoms with Gasteiger partial charge < -0.3 is 9.13 Å². The van der Waals surface area contributed by atoms with Crippen LogP contribution in [0.1, 0.15) is 0 Å². The zero-order chi connectivity index (χ0) is 54.3. The lowest BCUT2D eigenvalue weighted by atomic mass is 9.92. The van der Waals surface area contributed by atoms with E-state index in [2.05, 4.69) is 294 Å². The van der Waals surface area contributed by atoms with Crippen molar-refractivity contribution in [3.05, 3.63) is 285 Å². The van der Waals surface area contributed by atoms with Crippen LogP contribution in [-0.4, -0.2) is 14.1 Å². The molecule has 0 aliphatic carbocycles. The molecule has 0 N–H and O–H groups in total. The fraction of sp³-hybridized carbons (Fsp3) is 0. The van der Waals surface area contributed by atoms with Gasteiger partial charge in [0.1, 0.15) is 5.01 Å². The minimum Gasteiger partial charge on any atom is -0.309 e. The molecular weight excluding hydrogens is 1020 g/mol. The minimum absolute atomic E-state index is 1.01. The predicted molar refractivity (Wildman–Crippen MR) is 355 cm³/mol. The van der Waals surface area contributed by atoms with E-state index in [1.165, 1.54) is 141 Å². The third-order valence-electron chi connectivity index (χ3n) is 17.7. The van der Waals surface area contributed by atoms with Crippen LogP contribution < -0.4 is 0 Å². The molecule has 0 aliphatic heterocycles. The van der Waals surface area contributed by atoms with Gasteiger partial charge in [-0.1, -0.05) is 206 Å². The molecule has 0 atom stereocenters. The lowest BCUT2D eigenvalue weighted by molar-refractivity contribution is 1.18. The Kier molecular flexibility index (Phi) is 9.96. The van der Waals surface area contributed by atoms with Crippen LogP contribution >= 0.6 is 11.3 Å². The largest absolute Gasteiger partial charge is 0.309 e. The average Bonchev–Trinajstić information content (AvgIpc) is 3.26. The number of hydrogen-bond donors (Lipinski definition) is 0. The van der Waals surface area contributed by atoms with E-state index in [1.54, 1.807) is 11.3 Å². The third kappa shape index (κ3) is 7.00. The first kappa shape index (κ1) is 46.1. The molecule has 3 heterocycles. The monoisotopic (exact) mass is 1070 g/mol. The third-order valence-corrected chi connectivity index (χ3v) is 18.8. The molecule has 3 aromatic heterocycles. The lowest BCUT2D eigenvalue weighted by Crippen LogP contribution is -1.94. The first-order chi connectivity index (χ1) is 41.1. The Balaban J connectivity index is 0.745. The van der Waals surface area contributed by atoms with Crippen LogP contribution in [0.15, 0.2) is 285 Å². The Hall–Kier alpha value is -10.7. The molecule has 0 spiro atoms. The Morgan fingerprint density at radius 2 is 0.578 bits per heavy atom. The van der Waals surface area contributed by atoms with E-state index >= 15 is 0 Å². The highest BCUT2D eigenvalue weighted by atomic mass is 32.1. The molecule has 4 heteroatoms. The predicted octanol–water partition coefficient (Wildman–Crippen LogP) is 22.1. The highest BCUT2D eigenvalue weighted by Gasteiger charge is 2.21.